The molecule has 0 saturated carbocycles. The molecule has 2 aromatic carbocycles. The van der Waals surface area contributed by atoms with Crippen LogP contribution in [-0.4, -0.2) is 35.5 Å². The molecule has 26 heavy (non-hydrogen) atoms. The summed E-state index contributed by atoms with van der Waals surface area (Å²) in [5, 5.41) is 12.9. The van der Waals surface area contributed by atoms with Crippen LogP contribution in [0.25, 0.3) is 0 Å². The zero-order valence-electron chi connectivity index (χ0n) is 14.4. The van der Waals surface area contributed by atoms with Crippen molar-refractivity contribution in [3.05, 3.63) is 65.7 Å². The predicted molar refractivity (Wildman–Crippen MR) is 95.6 cm³/mol. The molecular formula is C20H22F2N2O2. The third-order valence-corrected chi connectivity index (χ3v) is 4.79. The van der Waals surface area contributed by atoms with E-state index < -0.39 is 17.7 Å². The van der Waals surface area contributed by atoms with Gasteiger partial charge in [-0.1, -0.05) is 30.3 Å². The number of hydrogen-bond donors (Lipinski definition) is 2. The first kappa shape index (κ1) is 18.5. The van der Waals surface area contributed by atoms with Crippen LogP contribution in [0.1, 0.15) is 24.5 Å². The van der Waals surface area contributed by atoms with Crippen LogP contribution in [0.15, 0.2) is 48.5 Å². The van der Waals surface area contributed by atoms with E-state index >= 15 is 0 Å². The van der Waals surface area contributed by atoms with Crippen LogP contribution in [0.2, 0.25) is 0 Å². The smallest absolute Gasteiger partial charge is 0.238 e. The summed E-state index contributed by atoms with van der Waals surface area (Å²) in [6, 6.07) is 12.5. The Morgan fingerprint density at radius 2 is 1.85 bits per heavy atom. The Labute approximate surface area is 151 Å². The van der Waals surface area contributed by atoms with Gasteiger partial charge in [0.2, 0.25) is 5.91 Å². The summed E-state index contributed by atoms with van der Waals surface area (Å²) in [6.45, 7) is 1.46. The van der Waals surface area contributed by atoms with Crippen LogP contribution in [-0.2, 0) is 4.79 Å². The van der Waals surface area contributed by atoms with Crippen molar-refractivity contribution < 1.29 is 18.7 Å². The second-order valence-electron chi connectivity index (χ2n) is 6.64. The van der Waals surface area contributed by atoms with Gasteiger partial charge in [0.15, 0.2) is 0 Å². The molecule has 0 spiro atoms. The van der Waals surface area contributed by atoms with Crippen molar-refractivity contribution in [2.24, 2.45) is 5.92 Å². The summed E-state index contributed by atoms with van der Waals surface area (Å²) in [4.78, 5) is 14.0. The molecule has 3 rings (SSSR count). The number of rotatable bonds is 5. The average Bonchev–Trinajstić information content (AvgIpc) is 2.65. The van der Waals surface area contributed by atoms with E-state index in [1.807, 2.05) is 35.2 Å². The summed E-state index contributed by atoms with van der Waals surface area (Å²) < 4.78 is 26.7. The minimum absolute atomic E-state index is 0.115. The zero-order valence-corrected chi connectivity index (χ0v) is 14.4. The van der Waals surface area contributed by atoms with E-state index in [1.54, 1.807) is 0 Å². The predicted octanol–water partition coefficient (Wildman–Crippen LogP) is 3.35. The second kappa shape index (κ2) is 8.38. The van der Waals surface area contributed by atoms with E-state index in [4.69, 9.17) is 0 Å². The molecule has 138 valence electrons. The van der Waals surface area contributed by atoms with Gasteiger partial charge in [-0.3, -0.25) is 9.69 Å². The van der Waals surface area contributed by atoms with Gasteiger partial charge in [0.1, 0.15) is 11.6 Å². The van der Waals surface area contributed by atoms with E-state index in [-0.39, 0.29) is 24.1 Å². The van der Waals surface area contributed by atoms with Gasteiger partial charge in [0, 0.05) is 6.07 Å². The van der Waals surface area contributed by atoms with Gasteiger partial charge in [0.05, 0.1) is 18.3 Å². The van der Waals surface area contributed by atoms with Gasteiger partial charge >= 0.3 is 0 Å². The maximum Gasteiger partial charge on any atom is 0.238 e. The molecule has 1 amide bonds. The lowest BCUT2D eigenvalue weighted by Gasteiger charge is -2.34. The number of nitrogens with one attached hydrogen (secondary N) is 1. The zero-order chi connectivity index (χ0) is 18.5. The third kappa shape index (κ3) is 4.65. The van der Waals surface area contributed by atoms with E-state index in [2.05, 4.69) is 5.32 Å². The first-order valence-electron chi connectivity index (χ1n) is 8.73. The largest absolute Gasteiger partial charge is 0.388 e. The first-order valence-corrected chi connectivity index (χ1v) is 8.73. The quantitative estimate of drug-likeness (QED) is 0.860. The van der Waals surface area contributed by atoms with Gasteiger partial charge in [-0.25, -0.2) is 8.78 Å². The Hall–Kier alpha value is -2.31. The highest BCUT2D eigenvalue weighted by Crippen LogP contribution is 2.30. The molecule has 1 aliphatic heterocycles. The fourth-order valence-corrected chi connectivity index (χ4v) is 3.34. The van der Waals surface area contributed by atoms with Crippen molar-refractivity contribution in [2.45, 2.75) is 18.9 Å². The molecule has 0 bridgehead atoms. The molecule has 1 fully saturated rings. The Morgan fingerprint density at radius 1 is 1.15 bits per heavy atom. The molecule has 1 atom stereocenters. The van der Waals surface area contributed by atoms with Crippen molar-refractivity contribution in [3.8, 4) is 0 Å². The fraction of sp³-hybridized carbons (Fsp3) is 0.350. The van der Waals surface area contributed by atoms with E-state index in [9.17, 15) is 18.7 Å². The Morgan fingerprint density at radius 3 is 2.54 bits per heavy atom. The fourth-order valence-electron chi connectivity index (χ4n) is 3.34. The minimum atomic E-state index is -0.663. The number of halogens is 2. The number of amides is 1. The lowest BCUT2D eigenvalue weighted by molar-refractivity contribution is -0.117. The highest BCUT2D eigenvalue weighted by atomic mass is 19.1. The molecule has 1 unspecified atom stereocenters. The SMILES string of the molecule is O=C(CN1CCC(C(O)c2ccccc2)CC1)Nc1cc(F)ccc1F. The van der Waals surface area contributed by atoms with Crippen LogP contribution < -0.4 is 5.32 Å². The summed E-state index contributed by atoms with van der Waals surface area (Å²) in [6.07, 6.45) is 1.04. The number of anilines is 1. The summed E-state index contributed by atoms with van der Waals surface area (Å²) in [5.41, 5.74) is 0.759. The number of piperidine rings is 1. The van der Waals surface area contributed by atoms with Crippen molar-refractivity contribution in [2.75, 3.05) is 25.0 Å². The summed E-state index contributed by atoms with van der Waals surface area (Å²) in [5.74, 6) is -1.49. The molecule has 6 heteroatoms. The molecule has 0 aromatic heterocycles. The number of likely N-dealkylation sites (tertiary alicyclic amines) is 1. The summed E-state index contributed by atoms with van der Waals surface area (Å²) >= 11 is 0. The average molecular weight is 360 g/mol. The number of nitrogens with zero attached hydrogens (tertiary/aromatic N) is 1. The standard InChI is InChI=1S/C20H22F2N2O2/c21-16-6-7-17(22)18(12-16)23-19(25)13-24-10-8-15(9-11-24)20(26)14-4-2-1-3-5-14/h1-7,12,15,20,26H,8-11,13H2,(H,23,25). The van der Waals surface area contributed by atoms with Crippen molar-refractivity contribution in [1.29, 1.82) is 0 Å². The van der Waals surface area contributed by atoms with Gasteiger partial charge in [-0.2, -0.15) is 0 Å². The Kier molecular flexibility index (Phi) is 5.96. The van der Waals surface area contributed by atoms with Gasteiger partial charge < -0.3 is 10.4 Å². The van der Waals surface area contributed by atoms with Crippen molar-refractivity contribution in [1.82, 2.24) is 4.90 Å². The van der Waals surface area contributed by atoms with Crippen LogP contribution in [0.3, 0.4) is 0 Å². The number of aliphatic hydroxyl groups is 1. The highest BCUT2D eigenvalue weighted by molar-refractivity contribution is 5.92. The van der Waals surface area contributed by atoms with E-state index in [0.29, 0.717) is 13.1 Å². The van der Waals surface area contributed by atoms with Crippen LogP contribution in [0, 0.1) is 17.6 Å². The van der Waals surface area contributed by atoms with E-state index in [1.165, 1.54) is 0 Å². The van der Waals surface area contributed by atoms with Gasteiger partial charge in [-0.05, 0) is 49.5 Å². The van der Waals surface area contributed by atoms with Gasteiger partial charge in [-0.15, -0.1) is 0 Å². The Bertz CT molecular complexity index is 747. The number of hydrogen-bond acceptors (Lipinski definition) is 3. The van der Waals surface area contributed by atoms with Crippen LogP contribution >= 0.6 is 0 Å². The topological polar surface area (TPSA) is 52.6 Å². The van der Waals surface area contributed by atoms with Crippen LogP contribution in [0.4, 0.5) is 14.5 Å². The summed E-state index contributed by atoms with van der Waals surface area (Å²) in [7, 11) is 0. The van der Waals surface area contributed by atoms with Crippen LogP contribution in [0.5, 0.6) is 0 Å². The molecule has 2 N–H and O–H groups in total. The number of carbonyl (C=O) groups is 1. The van der Waals surface area contributed by atoms with E-state index in [0.717, 1.165) is 36.6 Å². The lowest BCUT2D eigenvalue weighted by atomic mass is 9.87. The number of aliphatic hydroxyl groups excluding tert-OH is 1. The second-order valence-corrected chi connectivity index (χ2v) is 6.64. The molecule has 4 nitrogen and oxygen atoms in total. The molecule has 1 heterocycles. The first-order chi connectivity index (χ1) is 12.5. The third-order valence-electron chi connectivity index (χ3n) is 4.79. The van der Waals surface area contributed by atoms with Crippen molar-refractivity contribution >= 4 is 11.6 Å². The van der Waals surface area contributed by atoms with Gasteiger partial charge in [0.25, 0.3) is 0 Å². The molecule has 2 aromatic rings. The molecule has 1 saturated heterocycles. The van der Waals surface area contributed by atoms with Crippen molar-refractivity contribution in [3.63, 3.8) is 0 Å². The maximum absolute atomic E-state index is 13.6. The monoisotopic (exact) mass is 360 g/mol. The Balaban J connectivity index is 1.49. The molecule has 1 aliphatic rings. The molecular weight excluding hydrogens is 338 g/mol. The minimum Gasteiger partial charge on any atom is -0.388 e. The number of benzene rings is 2. The molecule has 0 radical (unpaired) electrons. The lowest BCUT2D eigenvalue weighted by Crippen LogP contribution is -2.40. The number of carbonyl (C=O) groups excluding carboxylic acids is 1. The molecule has 0 aliphatic carbocycles. The maximum atomic E-state index is 13.6. The highest BCUT2D eigenvalue weighted by Gasteiger charge is 2.27. The normalized spacial score (nSPS) is 17.0.